The van der Waals surface area contributed by atoms with Crippen molar-refractivity contribution in [1.82, 2.24) is 0 Å². The van der Waals surface area contributed by atoms with Crippen LogP contribution in [-0.4, -0.2) is 17.0 Å². The molecule has 0 saturated carbocycles. The van der Waals surface area contributed by atoms with Gasteiger partial charge in [0.2, 0.25) is 5.91 Å². The molecule has 4 nitrogen and oxygen atoms in total. The zero-order chi connectivity index (χ0) is 20.3. The van der Waals surface area contributed by atoms with Crippen molar-refractivity contribution < 1.29 is 41.0 Å². The van der Waals surface area contributed by atoms with E-state index in [9.17, 15) is 35.9 Å². The first-order valence-electron chi connectivity index (χ1n) is 7.47. The highest BCUT2D eigenvalue weighted by Gasteiger charge is 2.37. The molecule has 1 aromatic carbocycles. The van der Waals surface area contributed by atoms with Crippen molar-refractivity contribution in [1.29, 1.82) is 0 Å². The lowest BCUT2D eigenvalue weighted by atomic mass is 9.80. The molecule has 0 spiro atoms. The van der Waals surface area contributed by atoms with E-state index in [1.165, 1.54) is 6.92 Å². The second-order valence-electron chi connectivity index (χ2n) is 6.25. The largest absolute Gasteiger partial charge is 0.481 e. The molecule has 0 heterocycles. The average Bonchev–Trinajstić information content (AvgIpc) is 2.43. The van der Waals surface area contributed by atoms with E-state index in [1.807, 2.05) is 5.32 Å². The lowest BCUT2D eigenvalue weighted by Crippen LogP contribution is -2.27. The van der Waals surface area contributed by atoms with E-state index in [0.717, 1.165) is 0 Å². The van der Waals surface area contributed by atoms with Crippen molar-refractivity contribution in [2.45, 2.75) is 45.5 Å². The summed E-state index contributed by atoms with van der Waals surface area (Å²) in [5, 5.41) is 10.9. The number of carbonyl (C=O) groups excluding carboxylic acids is 1. The highest BCUT2D eigenvalue weighted by molar-refractivity contribution is 5.91. The Morgan fingerprint density at radius 3 is 1.77 bits per heavy atom. The molecule has 0 bridgehead atoms. The molecule has 146 valence electrons. The molecule has 0 saturated heterocycles. The number of carboxylic acid groups (broad SMARTS) is 1. The smallest absolute Gasteiger partial charge is 0.416 e. The summed E-state index contributed by atoms with van der Waals surface area (Å²) in [7, 11) is 0. The van der Waals surface area contributed by atoms with E-state index in [0.29, 0.717) is 12.1 Å². The number of nitrogens with one attached hydrogen (secondary N) is 1. The standard InChI is InChI=1S/C16H17F6NO3/c1-3-14(2,8-13(25)26)7-12(24)23-11-5-9(15(17,18)19)4-10(6-11)16(20,21)22/h4-6H,3,7-8H2,1-2H3,(H,23,24)(H,25,26)/t14-/m1/s1. The number of alkyl halides is 6. The third kappa shape index (κ3) is 6.23. The van der Waals surface area contributed by atoms with Crippen LogP contribution >= 0.6 is 0 Å². The molecule has 0 radical (unpaired) electrons. The maximum absolute atomic E-state index is 12.8. The summed E-state index contributed by atoms with van der Waals surface area (Å²) in [6, 6.07) is 0.748. The van der Waals surface area contributed by atoms with Gasteiger partial charge in [-0.1, -0.05) is 13.8 Å². The first kappa shape index (κ1) is 21.8. The summed E-state index contributed by atoms with van der Waals surface area (Å²) in [5.41, 5.74) is -4.74. The molecular weight excluding hydrogens is 368 g/mol. The number of halogens is 6. The maximum atomic E-state index is 12.8. The van der Waals surface area contributed by atoms with Crippen LogP contribution in [0.4, 0.5) is 32.0 Å². The molecule has 1 atom stereocenters. The Hall–Kier alpha value is -2.26. The van der Waals surface area contributed by atoms with Gasteiger partial charge in [-0.25, -0.2) is 0 Å². The number of hydrogen-bond acceptors (Lipinski definition) is 2. The van der Waals surface area contributed by atoms with E-state index in [4.69, 9.17) is 5.11 Å². The Morgan fingerprint density at radius 1 is 0.962 bits per heavy atom. The van der Waals surface area contributed by atoms with Gasteiger partial charge in [-0.2, -0.15) is 26.3 Å². The second kappa shape index (κ2) is 7.55. The van der Waals surface area contributed by atoms with E-state index < -0.39 is 46.5 Å². The van der Waals surface area contributed by atoms with Gasteiger partial charge in [0.1, 0.15) is 0 Å². The van der Waals surface area contributed by atoms with Crippen LogP contribution in [-0.2, 0) is 21.9 Å². The lowest BCUT2D eigenvalue weighted by Gasteiger charge is -2.25. The summed E-state index contributed by atoms with van der Waals surface area (Å²) in [6.45, 7) is 3.12. The molecule has 1 amide bonds. The van der Waals surface area contributed by atoms with E-state index in [-0.39, 0.29) is 25.3 Å². The van der Waals surface area contributed by atoms with Gasteiger partial charge in [-0.15, -0.1) is 0 Å². The van der Waals surface area contributed by atoms with Crippen LogP contribution < -0.4 is 5.32 Å². The number of amides is 1. The second-order valence-corrected chi connectivity index (χ2v) is 6.25. The Kier molecular flexibility index (Phi) is 6.32. The monoisotopic (exact) mass is 385 g/mol. The summed E-state index contributed by atoms with van der Waals surface area (Å²) in [4.78, 5) is 22.9. The first-order valence-corrected chi connectivity index (χ1v) is 7.47. The molecule has 2 N–H and O–H groups in total. The number of benzene rings is 1. The first-order chi connectivity index (χ1) is 11.7. The van der Waals surface area contributed by atoms with Crippen LogP contribution in [0.2, 0.25) is 0 Å². The normalized spacial score (nSPS) is 14.6. The molecule has 0 aromatic heterocycles. The van der Waals surface area contributed by atoms with E-state index in [1.54, 1.807) is 6.92 Å². The number of hydrogen-bond donors (Lipinski definition) is 2. The van der Waals surface area contributed by atoms with Crippen LogP contribution in [0.3, 0.4) is 0 Å². The number of aliphatic carboxylic acids is 1. The third-order valence-corrected chi connectivity index (χ3v) is 3.89. The Labute approximate surface area is 145 Å². The van der Waals surface area contributed by atoms with Gasteiger partial charge in [-0.3, -0.25) is 9.59 Å². The molecule has 26 heavy (non-hydrogen) atoms. The number of carboxylic acids is 1. The van der Waals surface area contributed by atoms with Gasteiger partial charge in [0.05, 0.1) is 17.5 Å². The van der Waals surface area contributed by atoms with Gasteiger partial charge in [0.15, 0.2) is 0 Å². The zero-order valence-electron chi connectivity index (χ0n) is 13.9. The van der Waals surface area contributed by atoms with Crippen molar-refractivity contribution in [2.24, 2.45) is 5.41 Å². The van der Waals surface area contributed by atoms with Gasteiger partial charge in [0, 0.05) is 12.1 Å². The van der Waals surface area contributed by atoms with Crippen LogP contribution in [0.5, 0.6) is 0 Å². The Morgan fingerprint density at radius 2 is 1.42 bits per heavy atom. The van der Waals surface area contributed by atoms with Crippen molar-refractivity contribution in [2.75, 3.05) is 5.32 Å². The lowest BCUT2D eigenvalue weighted by molar-refractivity contribution is -0.143. The van der Waals surface area contributed by atoms with Crippen LogP contribution in [0, 0.1) is 5.41 Å². The minimum atomic E-state index is -5.03. The van der Waals surface area contributed by atoms with Gasteiger partial charge < -0.3 is 10.4 Å². The third-order valence-electron chi connectivity index (χ3n) is 3.89. The molecule has 0 fully saturated rings. The molecule has 1 aromatic rings. The molecule has 1 rings (SSSR count). The molecule has 0 aliphatic carbocycles. The molecule has 0 unspecified atom stereocenters. The molecule has 10 heteroatoms. The van der Waals surface area contributed by atoms with Crippen LogP contribution in [0.25, 0.3) is 0 Å². The molecule has 0 aliphatic rings. The number of carbonyl (C=O) groups is 2. The summed E-state index contributed by atoms with van der Waals surface area (Å²) >= 11 is 0. The minimum Gasteiger partial charge on any atom is -0.481 e. The van der Waals surface area contributed by atoms with Gasteiger partial charge in [0.25, 0.3) is 0 Å². The summed E-state index contributed by atoms with van der Waals surface area (Å²) in [5.74, 6) is -2.04. The van der Waals surface area contributed by atoms with Crippen molar-refractivity contribution in [3.05, 3.63) is 29.3 Å². The topological polar surface area (TPSA) is 66.4 Å². The van der Waals surface area contributed by atoms with Gasteiger partial charge in [-0.05, 0) is 30.0 Å². The van der Waals surface area contributed by atoms with Crippen molar-refractivity contribution in [3.63, 3.8) is 0 Å². The zero-order valence-corrected chi connectivity index (χ0v) is 13.9. The summed E-state index contributed by atoms with van der Waals surface area (Å²) < 4.78 is 76.8. The van der Waals surface area contributed by atoms with E-state index >= 15 is 0 Å². The highest BCUT2D eigenvalue weighted by Crippen LogP contribution is 2.38. The van der Waals surface area contributed by atoms with E-state index in [2.05, 4.69) is 0 Å². The van der Waals surface area contributed by atoms with Crippen molar-refractivity contribution >= 4 is 17.6 Å². The number of anilines is 1. The van der Waals surface area contributed by atoms with Crippen LogP contribution in [0.15, 0.2) is 18.2 Å². The predicted molar refractivity (Wildman–Crippen MR) is 80.3 cm³/mol. The quantitative estimate of drug-likeness (QED) is 0.682. The number of rotatable bonds is 6. The fourth-order valence-corrected chi connectivity index (χ4v) is 2.30. The van der Waals surface area contributed by atoms with Crippen molar-refractivity contribution in [3.8, 4) is 0 Å². The fourth-order valence-electron chi connectivity index (χ4n) is 2.30. The summed E-state index contributed by atoms with van der Waals surface area (Å²) in [6.07, 6.45) is -10.5. The molecule has 0 aliphatic heterocycles. The van der Waals surface area contributed by atoms with Crippen LogP contribution in [0.1, 0.15) is 44.2 Å². The highest BCUT2D eigenvalue weighted by atomic mass is 19.4. The maximum Gasteiger partial charge on any atom is 0.416 e. The fraction of sp³-hybridized carbons (Fsp3) is 0.500. The predicted octanol–water partition coefficient (Wildman–Crippen LogP) is 4.94. The van der Waals surface area contributed by atoms with Gasteiger partial charge >= 0.3 is 18.3 Å². The minimum absolute atomic E-state index is 0.0454. The molecular formula is C16H17F6NO3. The SMILES string of the molecule is CC[C@@](C)(CC(=O)O)CC(=O)Nc1cc(C(F)(F)F)cc(C(F)(F)F)c1. The Bertz CT molecular complexity index is 651. The Balaban J connectivity index is 3.12. The average molecular weight is 385 g/mol.